The highest BCUT2D eigenvalue weighted by atomic mass is 35.5. The van der Waals surface area contributed by atoms with Gasteiger partial charge in [0.2, 0.25) is 0 Å². The molecule has 5 heteroatoms. The molecule has 2 rings (SSSR count). The number of benzene rings is 1. The van der Waals surface area contributed by atoms with Gasteiger partial charge in [0.1, 0.15) is 0 Å². The molecule has 0 amide bonds. The van der Waals surface area contributed by atoms with Gasteiger partial charge >= 0.3 is 0 Å². The summed E-state index contributed by atoms with van der Waals surface area (Å²) in [4.78, 5) is 0.199. The second kappa shape index (κ2) is 4.51. The fraction of sp³-hybridized carbons (Fsp3) is 0.538. The zero-order valence-corrected chi connectivity index (χ0v) is 12.1. The SMILES string of the molecule is CC1(C)CCC(S(=O)(=O)c2ccccc2Cl)C1N. The summed E-state index contributed by atoms with van der Waals surface area (Å²) < 4.78 is 25.2. The van der Waals surface area contributed by atoms with Gasteiger partial charge in [-0.2, -0.15) is 0 Å². The van der Waals surface area contributed by atoms with Gasteiger partial charge in [-0.3, -0.25) is 0 Å². The van der Waals surface area contributed by atoms with Crippen molar-refractivity contribution < 1.29 is 8.42 Å². The molecule has 0 radical (unpaired) electrons. The zero-order chi connectivity index (χ0) is 13.6. The van der Waals surface area contributed by atoms with Crippen molar-refractivity contribution in [2.45, 2.75) is 42.9 Å². The van der Waals surface area contributed by atoms with Gasteiger partial charge in [0, 0.05) is 6.04 Å². The molecule has 1 aromatic carbocycles. The first-order valence-corrected chi connectivity index (χ1v) is 7.93. The number of sulfone groups is 1. The van der Waals surface area contributed by atoms with Crippen molar-refractivity contribution in [3.63, 3.8) is 0 Å². The summed E-state index contributed by atoms with van der Waals surface area (Å²) in [6.07, 6.45) is 1.42. The third-order valence-electron chi connectivity index (χ3n) is 3.92. The number of hydrogen-bond donors (Lipinski definition) is 1. The highest BCUT2D eigenvalue weighted by Gasteiger charge is 2.46. The maximum absolute atomic E-state index is 12.6. The topological polar surface area (TPSA) is 60.2 Å². The smallest absolute Gasteiger partial charge is 0.184 e. The first-order valence-electron chi connectivity index (χ1n) is 6.01. The number of hydrogen-bond acceptors (Lipinski definition) is 3. The minimum absolute atomic E-state index is 0.140. The fourth-order valence-electron chi connectivity index (χ4n) is 2.55. The van der Waals surface area contributed by atoms with Crippen LogP contribution in [0, 0.1) is 5.41 Å². The molecule has 18 heavy (non-hydrogen) atoms. The van der Waals surface area contributed by atoms with Gasteiger partial charge in [0.05, 0.1) is 15.2 Å². The lowest BCUT2D eigenvalue weighted by Gasteiger charge is -2.26. The molecule has 0 spiro atoms. The monoisotopic (exact) mass is 287 g/mol. The summed E-state index contributed by atoms with van der Waals surface area (Å²) in [5.41, 5.74) is 5.97. The van der Waals surface area contributed by atoms with Crippen molar-refractivity contribution >= 4 is 21.4 Å². The molecule has 0 aromatic heterocycles. The average molecular weight is 288 g/mol. The minimum atomic E-state index is -3.45. The fourth-order valence-corrected chi connectivity index (χ4v) is 5.13. The van der Waals surface area contributed by atoms with E-state index in [1.54, 1.807) is 24.3 Å². The highest BCUT2D eigenvalue weighted by molar-refractivity contribution is 7.92. The standard InChI is InChI=1S/C13H18ClNO2S/c1-13(2)8-7-11(12(13)15)18(16,17)10-6-4-3-5-9(10)14/h3-6,11-12H,7-8,15H2,1-2H3. The van der Waals surface area contributed by atoms with Crippen LogP contribution in [0.1, 0.15) is 26.7 Å². The summed E-state index contributed by atoms with van der Waals surface area (Å²) in [5, 5.41) is -0.262. The molecule has 0 aliphatic heterocycles. The second-order valence-electron chi connectivity index (χ2n) is 5.57. The quantitative estimate of drug-likeness (QED) is 0.909. The summed E-state index contributed by atoms with van der Waals surface area (Å²) in [6.45, 7) is 4.03. The van der Waals surface area contributed by atoms with Crippen molar-refractivity contribution in [1.29, 1.82) is 0 Å². The van der Waals surface area contributed by atoms with Crippen LogP contribution in [0.4, 0.5) is 0 Å². The van der Waals surface area contributed by atoms with E-state index in [9.17, 15) is 8.42 Å². The summed E-state index contributed by atoms with van der Waals surface area (Å²) >= 11 is 5.99. The van der Waals surface area contributed by atoms with E-state index in [1.807, 2.05) is 13.8 Å². The lowest BCUT2D eigenvalue weighted by Crippen LogP contribution is -2.43. The van der Waals surface area contributed by atoms with Gasteiger partial charge in [0.15, 0.2) is 9.84 Å². The van der Waals surface area contributed by atoms with Crippen molar-refractivity contribution in [3.05, 3.63) is 29.3 Å². The van der Waals surface area contributed by atoms with E-state index in [-0.39, 0.29) is 21.4 Å². The van der Waals surface area contributed by atoms with Crippen LogP contribution in [-0.2, 0) is 9.84 Å². The van der Waals surface area contributed by atoms with Crippen molar-refractivity contribution in [2.24, 2.45) is 11.1 Å². The molecular formula is C13H18ClNO2S. The minimum Gasteiger partial charge on any atom is -0.326 e. The van der Waals surface area contributed by atoms with Crippen LogP contribution >= 0.6 is 11.6 Å². The van der Waals surface area contributed by atoms with E-state index >= 15 is 0 Å². The summed E-state index contributed by atoms with van der Waals surface area (Å²) in [5.74, 6) is 0. The van der Waals surface area contributed by atoms with Gasteiger partial charge in [-0.25, -0.2) is 8.42 Å². The summed E-state index contributed by atoms with van der Waals surface area (Å²) in [7, 11) is -3.45. The molecule has 0 bridgehead atoms. The molecule has 2 atom stereocenters. The van der Waals surface area contributed by atoms with Crippen LogP contribution in [0.3, 0.4) is 0 Å². The van der Waals surface area contributed by atoms with Gasteiger partial charge < -0.3 is 5.73 Å². The Bertz CT molecular complexity index is 554. The molecule has 3 nitrogen and oxygen atoms in total. The number of rotatable bonds is 2. The van der Waals surface area contributed by atoms with E-state index in [1.165, 1.54) is 0 Å². The van der Waals surface area contributed by atoms with Crippen molar-refractivity contribution in [2.75, 3.05) is 0 Å². The Hall–Kier alpha value is -0.580. The third kappa shape index (κ3) is 2.17. The molecule has 100 valence electrons. The molecule has 1 aromatic rings. The first kappa shape index (κ1) is 13.8. The molecule has 1 aliphatic carbocycles. The van der Waals surface area contributed by atoms with Crippen molar-refractivity contribution in [1.82, 2.24) is 0 Å². The lowest BCUT2D eigenvalue weighted by molar-refractivity contribution is 0.332. The maximum Gasteiger partial charge on any atom is 0.184 e. The Kier molecular flexibility index (Phi) is 3.47. The Morgan fingerprint density at radius 1 is 1.33 bits per heavy atom. The normalized spacial score (nSPS) is 27.3. The lowest BCUT2D eigenvalue weighted by atomic mass is 9.88. The van der Waals surface area contributed by atoms with Gasteiger partial charge in [-0.05, 0) is 30.4 Å². The van der Waals surface area contributed by atoms with Crippen LogP contribution in [0.25, 0.3) is 0 Å². The largest absolute Gasteiger partial charge is 0.326 e. The predicted octanol–water partition coefficient (Wildman–Crippen LogP) is 2.63. The van der Waals surface area contributed by atoms with E-state index in [0.29, 0.717) is 6.42 Å². The van der Waals surface area contributed by atoms with E-state index in [2.05, 4.69) is 0 Å². The molecule has 2 N–H and O–H groups in total. The Morgan fingerprint density at radius 2 is 1.94 bits per heavy atom. The van der Waals surface area contributed by atoms with Crippen LogP contribution in [0.5, 0.6) is 0 Å². The maximum atomic E-state index is 12.6. The van der Waals surface area contributed by atoms with Gasteiger partial charge in [0.25, 0.3) is 0 Å². The zero-order valence-electron chi connectivity index (χ0n) is 10.6. The van der Waals surface area contributed by atoms with Gasteiger partial charge in [-0.1, -0.05) is 37.6 Å². The van der Waals surface area contributed by atoms with Crippen LogP contribution < -0.4 is 5.73 Å². The molecule has 1 saturated carbocycles. The Labute approximate surface area is 113 Å². The molecular weight excluding hydrogens is 270 g/mol. The first-order chi connectivity index (χ1) is 8.27. The Morgan fingerprint density at radius 3 is 2.44 bits per heavy atom. The second-order valence-corrected chi connectivity index (χ2v) is 8.11. The van der Waals surface area contributed by atoms with Crippen LogP contribution in [0.2, 0.25) is 5.02 Å². The van der Waals surface area contributed by atoms with E-state index in [0.717, 1.165) is 6.42 Å². The number of halogens is 1. The highest BCUT2D eigenvalue weighted by Crippen LogP contribution is 2.42. The number of nitrogens with two attached hydrogens (primary N) is 1. The predicted molar refractivity (Wildman–Crippen MR) is 73.4 cm³/mol. The molecule has 0 saturated heterocycles. The van der Waals surface area contributed by atoms with E-state index < -0.39 is 15.1 Å². The summed E-state index contributed by atoms with van der Waals surface area (Å²) in [6, 6.07) is 6.21. The van der Waals surface area contributed by atoms with Crippen LogP contribution in [0.15, 0.2) is 29.2 Å². The van der Waals surface area contributed by atoms with Crippen molar-refractivity contribution in [3.8, 4) is 0 Å². The average Bonchev–Trinajstić information content (AvgIpc) is 2.55. The van der Waals surface area contributed by atoms with Crippen LogP contribution in [-0.4, -0.2) is 19.7 Å². The van der Waals surface area contributed by atoms with Gasteiger partial charge in [-0.15, -0.1) is 0 Å². The molecule has 1 fully saturated rings. The Balaban J connectivity index is 2.43. The van der Waals surface area contributed by atoms with E-state index in [4.69, 9.17) is 17.3 Å². The molecule has 0 heterocycles. The third-order valence-corrected chi connectivity index (χ3v) is 6.65. The molecule has 2 unspecified atom stereocenters. The molecule has 1 aliphatic rings.